The predicted octanol–water partition coefficient (Wildman–Crippen LogP) is 6.48. The summed E-state index contributed by atoms with van der Waals surface area (Å²) in [4.78, 5) is 20.3. The van der Waals surface area contributed by atoms with Gasteiger partial charge in [-0.05, 0) is 61.6 Å². The highest BCUT2D eigenvalue weighted by atomic mass is 16.5. The third-order valence-electron chi connectivity index (χ3n) is 6.31. The number of fused-ring (bicyclic) bond motifs is 1. The van der Waals surface area contributed by atoms with Gasteiger partial charge in [0.25, 0.3) is 0 Å². The van der Waals surface area contributed by atoms with E-state index in [4.69, 9.17) is 9.72 Å². The number of hydrogen-bond donors (Lipinski definition) is 0. The second kappa shape index (κ2) is 10.8. The van der Waals surface area contributed by atoms with Crippen LogP contribution in [0.3, 0.4) is 0 Å². The number of aryl methyl sites for hydroxylation is 1. The number of nitrogens with zero attached hydrogens (tertiary/aromatic N) is 3. The van der Waals surface area contributed by atoms with E-state index in [0.717, 1.165) is 33.7 Å². The maximum atomic E-state index is 13.6. The van der Waals surface area contributed by atoms with Crippen molar-refractivity contribution in [3.05, 3.63) is 95.3 Å². The summed E-state index contributed by atoms with van der Waals surface area (Å²) in [6.07, 6.45) is 0. The van der Waals surface area contributed by atoms with Crippen LogP contribution >= 0.6 is 0 Å². The van der Waals surface area contributed by atoms with Crippen LogP contribution < -0.4 is 4.74 Å². The van der Waals surface area contributed by atoms with Gasteiger partial charge < -0.3 is 14.2 Å². The standard InChI is InChI=1S/C30H35N3O2/c1-21(2)25-16-15-23(5)17-28(25)35-20-29-31-26-13-9-10-14-27(26)33(29)19-30(34)32(22(3)4)18-24-11-7-6-8-12-24/h6-17,21-22H,18-20H2,1-5H3. The Labute approximate surface area is 208 Å². The molecular formula is C30H35N3O2. The van der Waals surface area contributed by atoms with E-state index >= 15 is 0 Å². The smallest absolute Gasteiger partial charge is 0.243 e. The number of rotatable bonds is 9. The van der Waals surface area contributed by atoms with E-state index in [1.807, 2.05) is 51.9 Å². The average molecular weight is 470 g/mol. The molecule has 0 fully saturated rings. The van der Waals surface area contributed by atoms with Crippen molar-refractivity contribution in [3.63, 3.8) is 0 Å². The molecule has 0 unspecified atom stereocenters. The van der Waals surface area contributed by atoms with E-state index < -0.39 is 0 Å². The summed E-state index contributed by atoms with van der Waals surface area (Å²) in [5.41, 5.74) is 5.25. The van der Waals surface area contributed by atoms with Crippen molar-refractivity contribution in [2.75, 3.05) is 0 Å². The Hall–Kier alpha value is -3.60. The van der Waals surface area contributed by atoms with E-state index in [1.54, 1.807) is 0 Å². The first-order chi connectivity index (χ1) is 16.8. The molecule has 0 spiro atoms. The number of carbonyl (C=O) groups excluding carboxylic acids is 1. The van der Waals surface area contributed by atoms with Gasteiger partial charge in [-0.15, -0.1) is 0 Å². The normalized spacial score (nSPS) is 11.4. The van der Waals surface area contributed by atoms with Crippen LogP contribution in [0.5, 0.6) is 5.75 Å². The highest BCUT2D eigenvalue weighted by Gasteiger charge is 2.21. The fraction of sp³-hybridized carbons (Fsp3) is 0.333. The van der Waals surface area contributed by atoms with Gasteiger partial charge in [-0.25, -0.2) is 4.98 Å². The molecule has 4 rings (SSSR count). The van der Waals surface area contributed by atoms with Crippen LogP contribution in [0.4, 0.5) is 0 Å². The Balaban J connectivity index is 1.62. The van der Waals surface area contributed by atoms with Crippen LogP contribution in [-0.4, -0.2) is 26.4 Å². The summed E-state index contributed by atoms with van der Waals surface area (Å²) < 4.78 is 8.32. The topological polar surface area (TPSA) is 47.4 Å². The van der Waals surface area contributed by atoms with Crippen molar-refractivity contribution < 1.29 is 9.53 Å². The molecule has 0 N–H and O–H groups in total. The van der Waals surface area contributed by atoms with Crippen molar-refractivity contribution in [1.29, 1.82) is 0 Å². The fourth-order valence-corrected chi connectivity index (χ4v) is 4.36. The molecule has 3 aromatic carbocycles. The lowest BCUT2D eigenvalue weighted by molar-refractivity contribution is -0.134. The van der Waals surface area contributed by atoms with Crippen molar-refractivity contribution in [2.24, 2.45) is 0 Å². The summed E-state index contributed by atoms with van der Waals surface area (Å²) >= 11 is 0. The first-order valence-electron chi connectivity index (χ1n) is 12.3. The van der Waals surface area contributed by atoms with E-state index in [2.05, 4.69) is 65.0 Å². The molecule has 1 amide bonds. The Morgan fingerprint density at radius 2 is 1.69 bits per heavy atom. The van der Waals surface area contributed by atoms with Gasteiger partial charge in [-0.1, -0.05) is 68.4 Å². The summed E-state index contributed by atoms with van der Waals surface area (Å²) in [6, 6.07) is 24.5. The predicted molar refractivity (Wildman–Crippen MR) is 141 cm³/mol. The Bertz CT molecular complexity index is 1290. The summed E-state index contributed by atoms with van der Waals surface area (Å²) in [5.74, 6) is 2.03. The summed E-state index contributed by atoms with van der Waals surface area (Å²) in [5, 5.41) is 0. The SMILES string of the molecule is Cc1ccc(C(C)C)c(OCc2nc3ccccc3n2CC(=O)N(Cc2ccccc2)C(C)C)c1. The van der Waals surface area contributed by atoms with Crippen molar-refractivity contribution in [3.8, 4) is 5.75 Å². The molecular weight excluding hydrogens is 434 g/mol. The highest BCUT2D eigenvalue weighted by Crippen LogP contribution is 2.28. The third-order valence-corrected chi connectivity index (χ3v) is 6.31. The van der Waals surface area contributed by atoms with Crippen LogP contribution in [0.15, 0.2) is 72.8 Å². The molecule has 5 heteroatoms. The minimum Gasteiger partial charge on any atom is -0.485 e. The minimum atomic E-state index is 0.0617. The van der Waals surface area contributed by atoms with E-state index in [1.165, 1.54) is 5.56 Å². The number of carbonyl (C=O) groups is 1. The van der Waals surface area contributed by atoms with Gasteiger partial charge in [0, 0.05) is 12.6 Å². The quantitative estimate of drug-likeness (QED) is 0.282. The lowest BCUT2D eigenvalue weighted by Crippen LogP contribution is -2.38. The number of para-hydroxylation sites is 2. The van der Waals surface area contributed by atoms with E-state index in [0.29, 0.717) is 19.1 Å². The highest BCUT2D eigenvalue weighted by molar-refractivity contribution is 5.81. The van der Waals surface area contributed by atoms with Gasteiger partial charge in [0.2, 0.25) is 5.91 Å². The average Bonchev–Trinajstić information content (AvgIpc) is 3.18. The lowest BCUT2D eigenvalue weighted by Gasteiger charge is -2.27. The Morgan fingerprint density at radius 1 is 0.971 bits per heavy atom. The van der Waals surface area contributed by atoms with Gasteiger partial charge in [0.15, 0.2) is 0 Å². The Morgan fingerprint density at radius 3 is 2.40 bits per heavy atom. The number of benzene rings is 3. The minimum absolute atomic E-state index is 0.0617. The molecule has 0 radical (unpaired) electrons. The number of aromatic nitrogens is 2. The van der Waals surface area contributed by atoms with Crippen LogP contribution in [0.2, 0.25) is 0 Å². The zero-order valence-electron chi connectivity index (χ0n) is 21.4. The molecule has 0 aliphatic rings. The fourth-order valence-electron chi connectivity index (χ4n) is 4.36. The number of amides is 1. The molecule has 1 heterocycles. The molecule has 0 aliphatic carbocycles. The van der Waals surface area contributed by atoms with Crippen LogP contribution in [-0.2, 0) is 24.5 Å². The van der Waals surface area contributed by atoms with Crippen molar-refractivity contribution in [2.45, 2.75) is 66.3 Å². The van der Waals surface area contributed by atoms with Gasteiger partial charge in [-0.3, -0.25) is 4.79 Å². The maximum Gasteiger partial charge on any atom is 0.243 e. The summed E-state index contributed by atoms with van der Waals surface area (Å²) in [7, 11) is 0. The second-order valence-electron chi connectivity index (χ2n) is 9.69. The summed E-state index contributed by atoms with van der Waals surface area (Å²) in [6.45, 7) is 11.6. The molecule has 35 heavy (non-hydrogen) atoms. The van der Waals surface area contributed by atoms with Crippen molar-refractivity contribution >= 4 is 16.9 Å². The zero-order valence-corrected chi connectivity index (χ0v) is 21.4. The van der Waals surface area contributed by atoms with Gasteiger partial charge >= 0.3 is 0 Å². The number of ether oxygens (including phenoxy) is 1. The first kappa shape index (κ1) is 24.5. The number of hydrogen-bond acceptors (Lipinski definition) is 3. The monoisotopic (exact) mass is 469 g/mol. The number of imidazole rings is 1. The molecule has 0 saturated heterocycles. The third kappa shape index (κ3) is 5.73. The second-order valence-corrected chi connectivity index (χ2v) is 9.69. The maximum absolute atomic E-state index is 13.6. The zero-order chi connectivity index (χ0) is 24.9. The van der Waals surface area contributed by atoms with Gasteiger partial charge in [0.05, 0.1) is 11.0 Å². The van der Waals surface area contributed by atoms with Gasteiger partial charge in [0.1, 0.15) is 24.7 Å². The molecule has 0 saturated carbocycles. The van der Waals surface area contributed by atoms with Crippen molar-refractivity contribution in [1.82, 2.24) is 14.5 Å². The largest absolute Gasteiger partial charge is 0.485 e. The molecule has 1 aromatic heterocycles. The van der Waals surface area contributed by atoms with Crippen LogP contribution in [0, 0.1) is 6.92 Å². The van der Waals surface area contributed by atoms with E-state index in [-0.39, 0.29) is 18.5 Å². The Kier molecular flexibility index (Phi) is 7.54. The molecule has 0 atom stereocenters. The molecule has 0 bridgehead atoms. The molecule has 4 aromatic rings. The lowest BCUT2D eigenvalue weighted by atomic mass is 10.0. The molecule has 5 nitrogen and oxygen atoms in total. The van der Waals surface area contributed by atoms with Gasteiger partial charge in [-0.2, -0.15) is 0 Å². The van der Waals surface area contributed by atoms with Crippen LogP contribution in [0.1, 0.15) is 56.1 Å². The molecule has 182 valence electrons. The van der Waals surface area contributed by atoms with E-state index in [9.17, 15) is 4.79 Å². The van der Waals surface area contributed by atoms with Crippen LogP contribution in [0.25, 0.3) is 11.0 Å². The molecule has 0 aliphatic heterocycles. The first-order valence-corrected chi connectivity index (χ1v) is 12.3.